The second-order valence-corrected chi connectivity index (χ2v) is 3.84. The Bertz CT molecular complexity index is 285. The van der Waals surface area contributed by atoms with E-state index in [1.54, 1.807) is 0 Å². The van der Waals surface area contributed by atoms with E-state index in [2.05, 4.69) is 32.1 Å². The first-order valence-corrected chi connectivity index (χ1v) is 6.38. The predicted octanol–water partition coefficient (Wildman–Crippen LogP) is 4.54. The second-order valence-electron chi connectivity index (χ2n) is 3.84. The molecule has 0 bridgehead atoms. The van der Waals surface area contributed by atoms with Crippen LogP contribution >= 0.6 is 0 Å². The van der Waals surface area contributed by atoms with E-state index in [1.165, 1.54) is 6.92 Å². The number of ether oxygens (including phenoxy) is 1. The largest absolute Gasteiger partial charge is 0.431 e. The van der Waals surface area contributed by atoms with Crippen LogP contribution in [0, 0.1) is 0 Å². The molecular weight excluding hydrogens is 212 g/mol. The fourth-order valence-electron chi connectivity index (χ4n) is 1.29. The summed E-state index contributed by atoms with van der Waals surface area (Å²) >= 11 is 0. The Balaban J connectivity index is 4.06. The monoisotopic (exact) mass is 236 g/mol. The van der Waals surface area contributed by atoms with Gasteiger partial charge in [-0.3, -0.25) is 4.79 Å². The van der Waals surface area contributed by atoms with E-state index in [4.69, 9.17) is 4.74 Å². The van der Waals surface area contributed by atoms with Crippen molar-refractivity contribution in [3.63, 3.8) is 0 Å². The van der Waals surface area contributed by atoms with E-state index < -0.39 is 0 Å². The van der Waals surface area contributed by atoms with Gasteiger partial charge in [0.05, 0.1) is 0 Å². The van der Waals surface area contributed by atoms with Gasteiger partial charge in [-0.25, -0.2) is 0 Å². The summed E-state index contributed by atoms with van der Waals surface area (Å²) in [6, 6.07) is 0. The highest BCUT2D eigenvalue weighted by molar-refractivity contribution is 5.67. The minimum absolute atomic E-state index is 0.244. The summed E-state index contributed by atoms with van der Waals surface area (Å²) in [7, 11) is 0. The number of hydrogen-bond donors (Lipinski definition) is 0. The van der Waals surface area contributed by atoms with Crippen molar-refractivity contribution >= 4 is 5.97 Å². The standard InChI is InChI=1S/C15H24O2/c1-4-6-8-9-10-11-13-15(12-7-5-2)17-14(3)16/h6,8,10-12H,4-5,7,9,13H2,1-3H3/b8-6?,11-10-,15-12-. The maximum Gasteiger partial charge on any atom is 0.307 e. The minimum atomic E-state index is -0.244. The van der Waals surface area contributed by atoms with Gasteiger partial charge in [0.2, 0.25) is 0 Å². The topological polar surface area (TPSA) is 26.3 Å². The first-order valence-electron chi connectivity index (χ1n) is 6.38. The summed E-state index contributed by atoms with van der Waals surface area (Å²) in [6.07, 6.45) is 15.1. The number of allylic oxidation sites excluding steroid dienone is 5. The molecule has 0 aromatic rings. The highest BCUT2D eigenvalue weighted by Crippen LogP contribution is 2.08. The van der Waals surface area contributed by atoms with Gasteiger partial charge in [-0.2, -0.15) is 0 Å². The number of hydrogen-bond acceptors (Lipinski definition) is 2. The Kier molecular flexibility index (Phi) is 10.3. The lowest BCUT2D eigenvalue weighted by molar-refractivity contribution is -0.137. The number of rotatable bonds is 8. The molecule has 0 spiro atoms. The molecule has 0 amide bonds. The Morgan fingerprint density at radius 3 is 2.41 bits per heavy atom. The molecule has 0 unspecified atom stereocenters. The molecule has 0 aliphatic carbocycles. The van der Waals surface area contributed by atoms with Crippen molar-refractivity contribution in [1.29, 1.82) is 0 Å². The maximum atomic E-state index is 10.9. The molecule has 0 aliphatic heterocycles. The first kappa shape index (κ1) is 15.7. The van der Waals surface area contributed by atoms with Gasteiger partial charge in [0.25, 0.3) is 0 Å². The summed E-state index contributed by atoms with van der Waals surface area (Å²) in [5.74, 6) is 0.515. The van der Waals surface area contributed by atoms with E-state index in [9.17, 15) is 4.79 Å². The van der Waals surface area contributed by atoms with Crippen molar-refractivity contribution in [1.82, 2.24) is 0 Å². The molecule has 0 aromatic carbocycles. The zero-order valence-corrected chi connectivity index (χ0v) is 11.2. The Hall–Kier alpha value is -1.31. The third-order valence-electron chi connectivity index (χ3n) is 2.10. The minimum Gasteiger partial charge on any atom is -0.431 e. The zero-order valence-electron chi connectivity index (χ0n) is 11.2. The van der Waals surface area contributed by atoms with Gasteiger partial charge in [-0.15, -0.1) is 0 Å². The molecule has 0 heterocycles. The van der Waals surface area contributed by atoms with Gasteiger partial charge in [0.15, 0.2) is 0 Å². The molecule has 96 valence electrons. The molecule has 17 heavy (non-hydrogen) atoms. The molecule has 0 aromatic heterocycles. The van der Waals surface area contributed by atoms with Crippen LogP contribution in [0.2, 0.25) is 0 Å². The van der Waals surface area contributed by atoms with Crippen LogP contribution in [0.15, 0.2) is 36.1 Å². The Morgan fingerprint density at radius 1 is 1.12 bits per heavy atom. The van der Waals surface area contributed by atoms with Gasteiger partial charge in [0, 0.05) is 13.3 Å². The molecule has 2 nitrogen and oxygen atoms in total. The number of esters is 1. The number of carbonyl (C=O) groups excluding carboxylic acids is 1. The molecule has 0 N–H and O–H groups in total. The fraction of sp³-hybridized carbons (Fsp3) is 0.533. The lowest BCUT2D eigenvalue weighted by Crippen LogP contribution is -1.98. The average molecular weight is 236 g/mol. The average Bonchev–Trinajstić information content (AvgIpc) is 2.29. The van der Waals surface area contributed by atoms with Crippen molar-refractivity contribution in [2.75, 3.05) is 0 Å². The molecule has 0 saturated carbocycles. The van der Waals surface area contributed by atoms with Crippen LogP contribution < -0.4 is 0 Å². The summed E-state index contributed by atoms with van der Waals surface area (Å²) in [5, 5.41) is 0. The molecule has 0 radical (unpaired) electrons. The van der Waals surface area contributed by atoms with Crippen LogP contribution in [0.3, 0.4) is 0 Å². The van der Waals surface area contributed by atoms with E-state index in [0.29, 0.717) is 6.42 Å². The Labute approximate surface area is 105 Å². The van der Waals surface area contributed by atoms with E-state index in [0.717, 1.165) is 31.4 Å². The van der Waals surface area contributed by atoms with Crippen LogP contribution in [0.25, 0.3) is 0 Å². The lowest BCUT2D eigenvalue weighted by atomic mass is 10.2. The second kappa shape index (κ2) is 11.2. The van der Waals surface area contributed by atoms with Crippen LogP contribution in [0.4, 0.5) is 0 Å². The highest BCUT2D eigenvalue weighted by atomic mass is 16.5. The van der Waals surface area contributed by atoms with Gasteiger partial charge < -0.3 is 4.74 Å². The Morgan fingerprint density at radius 2 is 1.82 bits per heavy atom. The van der Waals surface area contributed by atoms with Crippen LogP contribution in [-0.2, 0) is 9.53 Å². The van der Waals surface area contributed by atoms with Gasteiger partial charge in [0.1, 0.15) is 5.76 Å². The molecule has 0 rings (SSSR count). The lowest BCUT2D eigenvalue weighted by Gasteiger charge is -2.03. The third-order valence-corrected chi connectivity index (χ3v) is 2.10. The molecule has 0 fully saturated rings. The third kappa shape index (κ3) is 11.0. The van der Waals surface area contributed by atoms with Gasteiger partial charge >= 0.3 is 5.97 Å². The van der Waals surface area contributed by atoms with Crippen molar-refractivity contribution in [2.24, 2.45) is 0 Å². The van der Waals surface area contributed by atoms with E-state index in [-0.39, 0.29) is 5.97 Å². The maximum absolute atomic E-state index is 10.9. The van der Waals surface area contributed by atoms with Crippen molar-refractivity contribution in [3.05, 3.63) is 36.1 Å². The fourth-order valence-corrected chi connectivity index (χ4v) is 1.29. The van der Waals surface area contributed by atoms with Crippen LogP contribution in [0.5, 0.6) is 0 Å². The number of carbonyl (C=O) groups is 1. The van der Waals surface area contributed by atoms with Crippen molar-refractivity contribution in [3.8, 4) is 0 Å². The van der Waals surface area contributed by atoms with Crippen molar-refractivity contribution < 1.29 is 9.53 Å². The van der Waals surface area contributed by atoms with Crippen molar-refractivity contribution in [2.45, 2.75) is 52.9 Å². The molecule has 0 atom stereocenters. The van der Waals surface area contributed by atoms with Crippen LogP contribution in [0.1, 0.15) is 52.9 Å². The smallest absolute Gasteiger partial charge is 0.307 e. The molecular formula is C15H24O2. The zero-order chi connectivity index (χ0) is 12.9. The first-order chi connectivity index (χ1) is 8.20. The molecule has 0 aliphatic rings. The summed E-state index contributed by atoms with van der Waals surface area (Å²) in [4.78, 5) is 10.9. The van der Waals surface area contributed by atoms with Gasteiger partial charge in [-0.05, 0) is 25.3 Å². The summed E-state index contributed by atoms with van der Waals surface area (Å²) in [5.41, 5.74) is 0. The van der Waals surface area contributed by atoms with E-state index >= 15 is 0 Å². The highest BCUT2D eigenvalue weighted by Gasteiger charge is 1.99. The quantitative estimate of drug-likeness (QED) is 0.351. The molecule has 2 heteroatoms. The predicted molar refractivity (Wildman–Crippen MR) is 72.6 cm³/mol. The normalized spacial score (nSPS) is 12.5. The van der Waals surface area contributed by atoms with Crippen LogP contribution in [-0.4, -0.2) is 5.97 Å². The SMILES string of the molecule is CCC=CC/C=C\C/C(=C/CCC)OC(C)=O. The molecule has 0 saturated heterocycles. The summed E-state index contributed by atoms with van der Waals surface area (Å²) in [6.45, 7) is 5.66. The summed E-state index contributed by atoms with van der Waals surface area (Å²) < 4.78 is 5.13. The van der Waals surface area contributed by atoms with E-state index in [1.807, 2.05) is 12.2 Å². The number of unbranched alkanes of at least 4 members (excludes halogenated alkanes) is 1. The van der Waals surface area contributed by atoms with Gasteiger partial charge in [-0.1, -0.05) is 44.6 Å².